The average Bonchev–Trinajstić information content (AvgIpc) is 1.87. The van der Waals surface area contributed by atoms with Crippen molar-refractivity contribution in [1.82, 2.24) is 0 Å². The lowest BCUT2D eigenvalue weighted by molar-refractivity contribution is -0.153. The van der Waals surface area contributed by atoms with E-state index in [1.165, 1.54) is 0 Å². The van der Waals surface area contributed by atoms with E-state index in [1.807, 2.05) is 0 Å². The van der Waals surface area contributed by atoms with Gasteiger partial charge in [-0.05, 0) is 0 Å². The standard InChI is InChI=1S/C4H7NO4/c5-3(1-6)4(8)9-2-7/h2-3,6H,1,5H2/t3-/m0/s1. The minimum Gasteiger partial charge on any atom is -0.394 e. The van der Waals surface area contributed by atoms with Crippen LogP contribution >= 0.6 is 0 Å². The quantitative estimate of drug-likeness (QED) is 0.264. The summed E-state index contributed by atoms with van der Waals surface area (Å²) in [7, 11) is 0. The van der Waals surface area contributed by atoms with Gasteiger partial charge in [-0.15, -0.1) is 0 Å². The van der Waals surface area contributed by atoms with Crippen LogP contribution in [-0.2, 0) is 14.3 Å². The van der Waals surface area contributed by atoms with E-state index >= 15 is 0 Å². The lowest BCUT2D eigenvalue weighted by atomic mass is 10.3. The molecular weight excluding hydrogens is 126 g/mol. The van der Waals surface area contributed by atoms with Crippen LogP contribution in [0.2, 0.25) is 0 Å². The molecule has 0 fully saturated rings. The second-order valence-electron chi connectivity index (χ2n) is 1.32. The molecule has 0 unspecified atom stereocenters. The molecule has 0 aliphatic carbocycles. The number of ether oxygens (including phenoxy) is 1. The molecule has 5 nitrogen and oxygen atoms in total. The first-order valence-corrected chi connectivity index (χ1v) is 2.23. The number of carbonyl (C=O) groups is 2. The van der Waals surface area contributed by atoms with Crippen LogP contribution in [0.4, 0.5) is 0 Å². The molecule has 52 valence electrons. The van der Waals surface area contributed by atoms with E-state index < -0.39 is 18.6 Å². The van der Waals surface area contributed by atoms with Gasteiger partial charge in [-0.25, -0.2) is 4.79 Å². The summed E-state index contributed by atoms with van der Waals surface area (Å²) in [4.78, 5) is 19.7. The fraction of sp³-hybridized carbons (Fsp3) is 0.500. The van der Waals surface area contributed by atoms with Crippen molar-refractivity contribution in [2.24, 2.45) is 5.73 Å². The lowest BCUT2D eigenvalue weighted by Crippen LogP contribution is -2.35. The Morgan fingerprint density at radius 2 is 2.44 bits per heavy atom. The molecule has 0 amide bonds. The number of nitrogens with two attached hydrogens (primary N) is 1. The highest BCUT2D eigenvalue weighted by molar-refractivity contribution is 5.81. The van der Waals surface area contributed by atoms with Crippen LogP contribution in [0.25, 0.3) is 0 Å². The molecule has 0 aromatic rings. The van der Waals surface area contributed by atoms with E-state index in [4.69, 9.17) is 10.8 Å². The van der Waals surface area contributed by atoms with Gasteiger partial charge >= 0.3 is 12.4 Å². The molecule has 0 radical (unpaired) electrons. The summed E-state index contributed by atoms with van der Waals surface area (Å²) in [6.45, 7) is -0.551. The van der Waals surface area contributed by atoms with Crippen LogP contribution in [-0.4, -0.2) is 30.2 Å². The second kappa shape index (κ2) is 3.99. The zero-order chi connectivity index (χ0) is 7.28. The van der Waals surface area contributed by atoms with Crippen molar-refractivity contribution in [3.63, 3.8) is 0 Å². The molecule has 3 N–H and O–H groups in total. The topological polar surface area (TPSA) is 89.6 Å². The maximum absolute atomic E-state index is 10.2. The number of carbonyl (C=O) groups excluding carboxylic acids is 2. The molecule has 0 spiro atoms. The van der Waals surface area contributed by atoms with E-state index in [1.54, 1.807) is 0 Å². The summed E-state index contributed by atoms with van der Waals surface area (Å²) < 4.78 is 3.79. The normalized spacial score (nSPS) is 12.2. The zero-order valence-electron chi connectivity index (χ0n) is 4.61. The van der Waals surface area contributed by atoms with E-state index in [0.717, 1.165) is 0 Å². The zero-order valence-corrected chi connectivity index (χ0v) is 4.61. The third-order valence-electron chi connectivity index (χ3n) is 0.664. The summed E-state index contributed by atoms with van der Waals surface area (Å²) >= 11 is 0. The Morgan fingerprint density at radius 3 is 2.78 bits per heavy atom. The largest absolute Gasteiger partial charge is 0.394 e. The van der Waals surface area contributed by atoms with E-state index in [2.05, 4.69) is 4.74 Å². The van der Waals surface area contributed by atoms with Crippen LogP contribution in [0.3, 0.4) is 0 Å². The summed E-state index contributed by atoms with van der Waals surface area (Å²) in [5.74, 6) is -0.924. The van der Waals surface area contributed by atoms with Crippen LogP contribution < -0.4 is 5.73 Å². The molecule has 0 aromatic heterocycles. The minimum atomic E-state index is -1.12. The summed E-state index contributed by atoms with van der Waals surface area (Å²) in [5.41, 5.74) is 4.92. The molecule has 0 aliphatic rings. The average molecular weight is 133 g/mol. The highest BCUT2D eigenvalue weighted by atomic mass is 16.6. The fourth-order valence-electron chi connectivity index (χ4n) is 0.209. The van der Waals surface area contributed by atoms with E-state index in [-0.39, 0.29) is 6.47 Å². The van der Waals surface area contributed by atoms with Crippen LogP contribution in [0.1, 0.15) is 0 Å². The maximum Gasteiger partial charge on any atom is 0.332 e. The smallest absolute Gasteiger partial charge is 0.332 e. The number of hydrogen-bond donors (Lipinski definition) is 2. The van der Waals surface area contributed by atoms with Gasteiger partial charge in [-0.2, -0.15) is 0 Å². The van der Waals surface area contributed by atoms with Crippen molar-refractivity contribution in [2.45, 2.75) is 6.04 Å². The number of aliphatic hydroxyl groups excluding tert-OH is 1. The van der Waals surface area contributed by atoms with Gasteiger partial charge in [0.1, 0.15) is 6.04 Å². The number of hydrogen-bond acceptors (Lipinski definition) is 5. The molecule has 0 saturated heterocycles. The summed E-state index contributed by atoms with van der Waals surface area (Å²) in [5, 5.41) is 8.19. The predicted molar refractivity (Wildman–Crippen MR) is 27.2 cm³/mol. The number of rotatable bonds is 3. The third kappa shape index (κ3) is 2.78. The summed E-state index contributed by atoms with van der Waals surface area (Å²) in [6.07, 6.45) is 0. The van der Waals surface area contributed by atoms with Crippen LogP contribution in [0.15, 0.2) is 0 Å². The molecule has 9 heavy (non-hydrogen) atoms. The van der Waals surface area contributed by atoms with E-state index in [9.17, 15) is 9.59 Å². The van der Waals surface area contributed by atoms with Crippen molar-refractivity contribution in [3.8, 4) is 0 Å². The fourth-order valence-corrected chi connectivity index (χ4v) is 0.209. The first-order chi connectivity index (χ1) is 4.22. The van der Waals surface area contributed by atoms with Crippen molar-refractivity contribution in [1.29, 1.82) is 0 Å². The Hall–Kier alpha value is -0.940. The highest BCUT2D eigenvalue weighted by Crippen LogP contribution is 1.79. The van der Waals surface area contributed by atoms with Gasteiger partial charge in [0.25, 0.3) is 0 Å². The summed E-state index contributed by atoms with van der Waals surface area (Å²) in [6, 6.07) is -1.12. The maximum atomic E-state index is 10.2. The molecule has 5 heteroatoms. The second-order valence-corrected chi connectivity index (χ2v) is 1.32. The van der Waals surface area contributed by atoms with Gasteiger partial charge in [0.2, 0.25) is 0 Å². The van der Waals surface area contributed by atoms with Gasteiger partial charge in [0, 0.05) is 0 Å². The number of esters is 1. The van der Waals surface area contributed by atoms with Crippen molar-refractivity contribution >= 4 is 12.4 Å². The monoisotopic (exact) mass is 133 g/mol. The SMILES string of the molecule is N[C@@H](CO)C(=O)OC=O. The Bertz CT molecular complexity index is 113. The molecule has 0 bridgehead atoms. The van der Waals surface area contributed by atoms with Crippen LogP contribution in [0.5, 0.6) is 0 Å². The Kier molecular flexibility index (Phi) is 3.57. The first-order valence-electron chi connectivity index (χ1n) is 2.23. The van der Waals surface area contributed by atoms with Gasteiger partial charge in [0.15, 0.2) is 0 Å². The van der Waals surface area contributed by atoms with Crippen molar-refractivity contribution < 1.29 is 19.4 Å². The van der Waals surface area contributed by atoms with E-state index in [0.29, 0.717) is 0 Å². The molecular formula is C4H7NO4. The molecule has 1 atom stereocenters. The van der Waals surface area contributed by atoms with Gasteiger partial charge in [-0.3, -0.25) is 4.79 Å². The molecule has 0 aliphatic heterocycles. The molecule has 0 aromatic carbocycles. The molecule has 0 saturated carbocycles. The van der Waals surface area contributed by atoms with Gasteiger partial charge in [0.05, 0.1) is 6.61 Å². The van der Waals surface area contributed by atoms with Crippen molar-refractivity contribution in [2.75, 3.05) is 6.61 Å². The predicted octanol–water partition coefficient (Wildman–Crippen LogP) is -1.99. The van der Waals surface area contributed by atoms with Crippen molar-refractivity contribution in [3.05, 3.63) is 0 Å². The lowest BCUT2D eigenvalue weighted by Gasteiger charge is -2.01. The van der Waals surface area contributed by atoms with Gasteiger partial charge in [-0.1, -0.05) is 0 Å². The highest BCUT2D eigenvalue weighted by Gasteiger charge is 2.12. The molecule has 0 rings (SSSR count). The van der Waals surface area contributed by atoms with Crippen LogP contribution in [0, 0.1) is 0 Å². The van der Waals surface area contributed by atoms with Gasteiger partial charge < -0.3 is 15.6 Å². The molecule has 0 heterocycles. The first kappa shape index (κ1) is 8.06. The Labute approximate surface area is 51.4 Å². The number of aliphatic hydroxyl groups is 1. The minimum absolute atomic E-state index is 0.0299. The Balaban J connectivity index is 3.58. The Morgan fingerprint density at radius 1 is 1.89 bits per heavy atom. The third-order valence-corrected chi connectivity index (χ3v) is 0.664.